The number of rotatable bonds is 6. The van der Waals surface area contributed by atoms with E-state index in [1.54, 1.807) is 28.9 Å². The molecule has 0 fully saturated rings. The summed E-state index contributed by atoms with van der Waals surface area (Å²) >= 11 is 17.4. The summed E-state index contributed by atoms with van der Waals surface area (Å²) in [5.74, 6) is 0.960. The molecule has 0 aliphatic carbocycles. The van der Waals surface area contributed by atoms with E-state index in [4.69, 9.17) is 33.3 Å². The molecule has 182 valence electrons. The summed E-state index contributed by atoms with van der Waals surface area (Å²) in [7, 11) is 0. The Morgan fingerprint density at radius 1 is 1.11 bits per heavy atom. The molecular weight excluding hydrogens is 581 g/mol. The predicted molar refractivity (Wildman–Crippen MR) is 150 cm³/mol. The maximum absolute atomic E-state index is 13.6. The number of amides is 1. The number of aromatic nitrogens is 3. The summed E-state index contributed by atoms with van der Waals surface area (Å²) in [6.45, 7) is 1.87. The number of hydrogen-bond acceptors (Lipinski definition) is 5. The number of benzene rings is 3. The van der Waals surface area contributed by atoms with Crippen LogP contribution in [0.4, 0.5) is 11.6 Å². The Labute approximate surface area is 231 Å². The van der Waals surface area contributed by atoms with Crippen molar-refractivity contribution in [1.29, 1.82) is 0 Å². The Morgan fingerprint density at radius 2 is 1.89 bits per heavy atom. The van der Waals surface area contributed by atoms with E-state index in [0.717, 1.165) is 15.6 Å². The minimum absolute atomic E-state index is 0.237. The molecule has 1 unspecified atom stereocenters. The van der Waals surface area contributed by atoms with Crippen LogP contribution in [0.15, 0.2) is 93.7 Å². The second kappa shape index (κ2) is 10.7. The number of carbonyl (C=O) groups is 1. The van der Waals surface area contributed by atoms with Gasteiger partial charge in [0, 0.05) is 31.7 Å². The fraction of sp³-hybridized carbons (Fsp3) is 0.115. The molecule has 0 radical (unpaired) electrons. The largest absolute Gasteiger partial charge is 0.328 e. The number of anilines is 2. The van der Waals surface area contributed by atoms with Crippen molar-refractivity contribution in [3.05, 3.63) is 110 Å². The van der Waals surface area contributed by atoms with Crippen LogP contribution in [-0.2, 0) is 10.5 Å². The first-order valence-corrected chi connectivity index (χ1v) is 13.6. The Balaban J connectivity index is 1.49. The van der Waals surface area contributed by atoms with Gasteiger partial charge in [0.15, 0.2) is 0 Å². The van der Waals surface area contributed by atoms with Gasteiger partial charge >= 0.3 is 0 Å². The zero-order valence-electron chi connectivity index (χ0n) is 19.0. The van der Waals surface area contributed by atoms with E-state index in [1.165, 1.54) is 11.8 Å². The van der Waals surface area contributed by atoms with Crippen LogP contribution in [-0.4, -0.2) is 20.7 Å². The lowest BCUT2D eigenvalue weighted by Crippen LogP contribution is -2.31. The number of allylic oxidation sites excluding steroid dienone is 1. The highest BCUT2D eigenvalue weighted by Gasteiger charge is 2.34. The molecule has 2 N–H and O–H groups in total. The van der Waals surface area contributed by atoms with E-state index < -0.39 is 6.04 Å². The van der Waals surface area contributed by atoms with Gasteiger partial charge in [-0.15, -0.1) is 5.10 Å². The number of nitrogens with one attached hydrogen (secondary N) is 2. The second-order valence-corrected chi connectivity index (χ2v) is 10.8. The molecular formula is C26H20BrCl2N5OS. The third-order valence-electron chi connectivity index (χ3n) is 5.66. The fourth-order valence-corrected chi connectivity index (χ4v) is 5.62. The van der Waals surface area contributed by atoms with Crippen LogP contribution in [0.3, 0.4) is 0 Å². The Hall–Kier alpha value is -2.78. The number of nitrogens with zero attached hydrogens (tertiary/aromatic N) is 3. The summed E-state index contributed by atoms with van der Waals surface area (Å²) in [5.41, 5.74) is 3.81. The molecule has 4 aromatic rings. The zero-order valence-corrected chi connectivity index (χ0v) is 22.9. The van der Waals surface area contributed by atoms with Crippen LogP contribution in [0, 0.1) is 0 Å². The van der Waals surface area contributed by atoms with Crippen molar-refractivity contribution in [3.8, 4) is 0 Å². The highest BCUT2D eigenvalue weighted by Crippen LogP contribution is 2.38. The first kappa shape index (κ1) is 24.9. The summed E-state index contributed by atoms with van der Waals surface area (Å²) in [5, 5.41) is 12.9. The first-order valence-electron chi connectivity index (χ1n) is 11.0. The van der Waals surface area contributed by atoms with E-state index in [9.17, 15) is 4.79 Å². The Bertz CT molecular complexity index is 1470. The van der Waals surface area contributed by atoms with Gasteiger partial charge in [0.2, 0.25) is 11.1 Å². The van der Waals surface area contributed by atoms with Gasteiger partial charge in [-0.05, 0) is 60.5 Å². The normalized spacial score (nSPS) is 14.8. The summed E-state index contributed by atoms with van der Waals surface area (Å²) < 4.78 is 2.67. The van der Waals surface area contributed by atoms with Gasteiger partial charge in [0.05, 0.1) is 5.57 Å². The van der Waals surface area contributed by atoms with E-state index in [0.29, 0.717) is 43.9 Å². The smallest absolute Gasteiger partial charge is 0.255 e. The number of carbonyl (C=O) groups excluding carboxylic acids is 1. The maximum Gasteiger partial charge on any atom is 0.255 e. The molecule has 1 aliphatic rings. The quantitative estimate of drug-likeness (QED) is 0.223. The molecule has 5 rings (SSSR count). The molecule has 1 aliphatic heterocycles. The molecule has 1 amide bonds. The minimum Gasteiger partial charge on any atom is -0.328 e. The standard InChI is InChI=1S/C26H20BrCl2N5OS/c1-15-22(24(35)31-20-11-9-19(28)10-12-20)23(16-6-4-7-18(27)13-16)34-25(30-15)32-26(33-34)36-14-17-5-2-3-8-21(17)29/h2-13,23H,14H2,1H3,(H,31,35)(H,30,32,33). The monoisotopic (exact) mass is 599 g/mol. The molecule has 3 aromatic carbocycles. The highest BCUT2D eigenvalue weighted by molar-refractivity contribution is 9.10. The van der Waals surface area contributed by atoms with Gasteiger partial charge in [-0.3, -0.25) is 4.79 Å². The van der Waals surface area contributed by atoms with Crippen molar-refractivity contribution < 1.29 is 4.79 Å². The van der Waals surface area contributed by atoms with Crippen molar-refractivity contribution >= 4 is 68.4 Å². The lowest BCUT2D eigenvalue weighted by molar-refractivity contribution is -0.113. The third kappa shape index (κ3) is 5.32. The lowest BCUT2D eigenvalue weighted by Gasteiger charge is -2.28. The molecule has 1 atom stereocenters. The molecule has 10 heteroatoms. The van der Waals surface area contributed by atoms with Crippen molar-refractivity contribution in [2.45, 2.75) is 23.9 Å². The number of fused-ring (bicyclic) bond motifs is 1. The molecule has 6 nitrogen and oxygen atoms in total. The summed E-state index contributed by atoms with van der Waals surface area (Å²) in [6, 6.07) is 22.1. The average molecular weight is 601 g/mol. The van der Waals surface area contributed by atoms with E-state index >= 15 is 0 Å². The van der Waals surface area contributed by atoms with Crippen LogP contribution >= 0.6 is 50.9 Å². The predicted octanol–water partition coefficient (Wildman–Crippen LogP) is 7.57. The minimum atomic E-state index is -0.479. The van der Waals surface area contributed by atoms with Gasteiger partial charge in [0.25, 0.3) is 5.91 Å². The summed E-state index contributed by atoms with van der Waals surface area (Å²) in [6.07, 6.45) is 0. The van der Waals surface area contributed by atoms with Gasteiger partial charge in [-0.1, -0.05) is 81.2 Å². The molecule has 2 heterocycles. The molecule has 36 heavy (non-hydrogen) atoms. The topological polar surface area (TPSA) is 71.8 Å². The molecule has 1 aromatic heterocycles. The maximum atomic E-state index is 13.6. The van der Waals surface area contributed by atoms with Crippen LogP contribution in [0.1, 0.15) is 24.1 Å². The van der Waals surface area contributed by atoms with Crippen molar-refractivity contribution in [1.82, 2.24) is 14.8 Å². The number of halogens is 3. The molecule has 0 spiro atoms. The van der Waals surface area contributed by atoms with Crippen LogP contribution < -0.4 is 10.6 Å². The SMILES string of the molecule is CC1=C(C(=O)Nc2ccc(Cl)cc2)C(c2cccc(Br)c2)n2nc(SCc3ccccc3Cl)nc2N1. The van der Waals surface area contributed by atoms with Gasteiger partial charge in [0.1, 0.15) is 6.04 Å². The van der Waals surface area contributed by atoms with Crippen molar-refractivity contribution in [2.75, 3.05) is 10.6 Å². The first-order chi connectivity index (χ1) is 17.4. The zero-order chi connectivity index (χ0) is 25.2. The van der Waals surface area contributed by atoms with E-state index in [2.05, 4.69) is 26.6 Å². The summed E-state index contributed by atoms with van der Waals surface area (Å²) in [4.78, 5) is 18.3. The molecule has 0 bridgehead atoms. The number of hydrogen-bond donors (Lipinski definition) is 2. The van der Waals surface area contributed by atoms with Crippen molar-refractivity contribution in [2.24, 2.45) is 0 Å². The highest BCUT2D eigenvalue weighted by atomic mass is 79.9. The van der Waals surface area contributed by atoms with Gasteiger partial charge in [-0.25, -0.2) is 4.68 Å². The van der Waals surface area contributed by atoms with Crippen molar-refractivity contribution in [3.63, 3.8) is 0 Å². The van der Waals surface area contributed by atoms with Crippen LogP contribution in [0.25, 0.3) is 0 Å². The Morgan fingerprint density at radius 3 is 2.64 bits per heavy atom. The Kier molecular flexibility index (Phi) is 7.39. The molecule has 0 saturated carbocycles. The fourth-order valence-electron chi connectivity index (χ4n) is 3.96. The van der Waals surface area contributed by atoms with Gasteiger partial charge < -0.3 is 10.6 Å². The average Bonchev–Trinajstić information content (AvgIpc) is 3.26. The van der Waals surface area contributed by atoms with E-state index in [1.807, 2.05) is 55.5 Å². The van der Waals surface area contributed by atoms with E-state index in [-0.39, 0.29) is 5.91 Å². The van der Waals surface area contributed by atoms with Crippen LogP contribution in [0.5, 0.6) is 0 Å². The third-order valence-corrected chi connectivity index (χ3v) is 7.66. The van der Waals surface area contributed by atoms with Crippen LogP contribution in [0.2, 0.25) is 10.0 Å². The molecule has 0 saturated heterocycles. The number of thioether (sulfide) groups is 1. The lowest BCUT2D eigenvalue weighted by atomic mass is 9.95. The second-order valence-electron chi connectivity index (χ2n) is 8.12. The van der Waals surface area contributed by atoms with Gasteiger partial charge in [-0.2, -0.15) is 4.98 Å².